The minimum absolute atomic E-state index is 0.0293. The molecule has 4 aromatic rings. The largest absolute Gasteiger partial charge is 0.353 e. The molecule has 0 aliphatic carbocycles. The Hall–Kier alpha value is -3.90. The van der Waals surface area contributed by atoms with E-state index in [2.05, 4.69) is 10.1 Å². The van der Waals surface area contributed by atoms with Gasteiger partial charge in [-0.15, -0.1) is 0 Å². The molecule has 0 unspecified atom stereocenters. The van der Waals surface area contributed by atoms with Gasteiger partial charge in [-0.2, -0.15) is 9.29 Å². The highest BCUT2D eigenvalue weighted by Gasteiger charge is 2.31. The summed E-state index contributed by atoms with van der Waals surface area (Å²) in [5, 5.41) is 15.9. The van der Waals surface area contributed by atoms with E-state index < -0.39 is 14.9 Å². The summed E-state index contributed by atoms with van der Waals surface area (Å²) in [5.41, 5.74) is 1.77. The lowest BCUT2D eigenvalue weighted by atomic mass is 10.1. The maximum absolute atomic E-state index is 13.1. The predicted octanol–water partition coefficient (Wildman–Crippen LogP) is 3.66. The van der Waals surface area contributed by atoms with Crippen molar-refractivity contribution in [3.05, 3.63) is 70.5 Å². The molecule has 0 radical (unpaired) electrons. The van der Waals surface area contributed by atoms with Crippen LogP contribution < -0.4 is 4.90 Å². The fourth-order valence-corrected chi connectivity index (χ4v) is 5.69. The molecule has 2 aromatic heterocycles. The van der Waals surface area contributed by atoms with Crippen molar-refractivity contribution >= 4 is 32.6 Å². The predicted molar refractivity (Wildman–Crippen MR) is 133 cm³/mol. The molecule has 3 heterocycles. The second kappa shape index (κ2) is 9.63. The normalized spacial score (nSPS) is 14.9. The first-order valence-electron chi connectivity index (χ1n) is 11.6. The molecule has 1 aliphatic rings. The number of nitro groups is 1. The summed E-state index contributed by atoms with van der Waals surface area (Å²) >= 11 is 0. The molecular formula is C24H24N6O5S. The standard InChI is InChI=1S/C24H24N6O5S/c1-2-6-20-25-23(21-22(27-35-24(21)26-20)17-7-4-3-5-8-17)28-13-15-29(16-14-28)36(33,34)19-11-9-18(10-12-19)30(31)32/h3-5,7-12H,2,6,13-16H2,1H3. The second-order valence-electron chi connectivity index (χ2n) is 8.43. The van der Waals surface area contributed by atoms with Crippen LogP contribution in [-0.2, 0) is 16.4 Å². The van der Waals surface area contributed by atoms with E-state index in [-0.39, 0.29) is 23.7 Å². The van der Waals surface area contributed by atoms with Crippen LogP contribution in [0.2, 0.25) is 0 Å². The van der Waals surface area contributed by atoms with Gasteiger partial charge >= 0.3 is 0 Å². The van der Waals surface area contributed by atoms with Gasteiger partial charge in [-0.1, -0.05) is 42.4 Å². The van der Waals surface area contributed by atoms with Crippen LogP contribution >= 0.6 is 0 Å². The van der Waals surface area contributed by atoms with E-state index in [1.165, 1.54) is 28.6 Å². The lowest BCUT2D eigenvalue weighted by molar-refractivity contribution is -0.384. The Bertz CT molecular complexity index is 1500. The number of aromatic nitrogens is 3. The number of fused-ring (bicyclic) bond motifs is 1. The molecule has 0 amide bonds. The van der Waals surface area contributed by atoms with Crippen LogP contribution in [0.3, 0.4) is 0 Å². The van der Waals surface area contributed by atoms with Crippen molar-refractivity contribution in [1.29, 1.82) is 0 Å². The Morgan fingerprint density at radius 1 is 1.00 bits per heavy atom. The molecule has 1 aliphatic heterocycles. The molecular weight excluding hydrogens is 484 g/mol. The molecule has 0 atom stereocenters. The minimum atomic E-state index is -3.79. The fourth-order valence-electron chi connectivity index (χ4n) is 4.27. The molecule has 1 fully saturated rings. The van der Waals surface area contributed by atoms with E-state index in [1.54, 1.807) is 0 Å². The topological polar surface area (TPSA) is 136 Å². The van der Waals surface area contributed by atoms with E-state index in [0.717, 1.165) is 12.0 Å². The highest BCUT2D eigenvalue weighted by atomic mass is 32.2. The van der Waals surface area contributed by atoms with Crippen molar-refractivity contribution in [3.63, 3.8) is 0 Å². The van der Waals surface area contributed by atoms with Gasteiger partial charge in [0.25, 0.3) is 11.4 Å². The third-order valence-corrected chi connectivity index (χ3v) is 8.02. The van der Waals surface area contributed by atoms with Crippen molar-refractivity contribution in [1.82, 2.24) is 19.4 Å². The van der Waals surface area contributed by atoms with Gasteiger partial charge in [-0.25, -0.2) is 13.4 Å². The summed E-state index contributed by atoms with van der Waals surface area (Å²) in [7, 11) is -3.79. The van der Waals surface area contributed by atoms with Gasteiger partial charge in [0.05, 0.1) is 9.82 Å². The van der Waals surface area contributed by atoms with Crippen molar-refractivity contribution in [2.75, 3.05) is 31.1 Å². The van der Waals surface area contributed by atoms with Crippen LogP contribution in [0.4, 0.5) is 11.5 Å². The molecule has 0 N–H and O–H groups in total. The summed E-state index contributed by atoms with van der Waals surface area (Å²) in [6, 6.07) is 14.6. The van der Waals surface area contributed by atoms with Gasteiger partial charge in [-0.05, 0) is 18.6 Å². The number of sulfonamides is 1. The number of anilines is 1. The molecule has 12 heteroatoms. The Morgan fingerprint density at radius 2 is 1.69 bits per heavy atom. The Morgan fingerprint density at radius 3 is 2.33 bits per heavy atom. The van der Waals surface area contributed by atoms with Gasteiger partial charge in [-0.3, -0.25) is 10.1 Å². The quantitative estimate of drug-likeness (QED) is 0.271. The van der Waals surface area contributed by atoms with Crippen LogP contribution in [-0.4, -0.2) is 58.9 Å². The zero-order valence-electron chi connectivity index (χ0n) is 19.6. The van der Waals surface area contributed by atoms with E-state index >= 15 is 0 Å². The number of piperazine rings is 1. The third kappa shape index (κ3) is 4.40. The van der Waals surface area contributed by atoms with E-state index in [0.29, 0.717) is 47.9 Å². The summed E-state index contributed by atoms with van der Waals surface area (Å²) in [6.45, 7) is 3.33. The maximum atomic E-state index is 13.1. The monoisotopic (exact) mass is 508 g/mol. The molecule has 0 bridgehead atoms. The Kier molecular flexibility index (Phi) is 6.37. The van der Waals surface area contributed by atoms with Crippen LogP contribution in [0.25, 0.3) is 22.4 Å². The number of aryl methyl sites for hydroxylation is 1. The summed E-state index contributed by atoms with van der Waals surface area (Å²) in [4.78, 5) is 21.8. The molecule has 0 saturated carbocycles. The summed E-state index contributed by atoms with van der Waals surface area (Å²) < 4.78 is 33.3. The Labute approximate surface area is 207 Å². The molecule has 186 valence electrons. The first-order chi connectivity index (χ1) is 17.4. The number of benzene rings is 2. The van der Waals surface area contributed by atoms with E-state index in [4.69, 9.17) is 9.51 Å². The lowest BCUT2D eigenvalue weighted by Crippen LogP contribution is -2.49. The Balaban J connectivity index is 1.44. The van der Waals surface area contributed by atoms with Crippen LogP contribution in [0.15, 0.2) is 64.0 Å². The smallest absolute Gasteiger partial charge is 0.269 e. The maximum Gasteiger partial charge on any atom is 0.269 e. The average Bonchev–Trinajstić information content (AvgIpc) is 3.33. The van der Waals surface area contributed by atoms with Crippen LogP contribution in [0, 0.1) is 10.1 Å². The molecule has 36 heavy (non-hydrogen) atoms. The zero-order valence-corrected chi connectivity index (χ0v) is 20.4. The van der Waals surface area contributed by atoms with Crippen LogP contribution in [0.5, 0.6) is 0 Å². The summed E-state index contributed by atoms with van der Waals surface area (Å²) in [5.74, 6) is 1.33. The number of nitro benzene ring substituents is 1. The highest BCUT2D eigenvalue weighted by Crippen LogP contribution is 2.34. The highest BCUT2D eigenvalue weighted by molar-refractivity contribution is 7.89. The first kappa shape index (κ1) is 23.8. The lowest BCUT2D eigenvalue weighted by Gasteiger charge is -2.35. The number of non-ortho nitro benzene ring substituents is 1. The van der Waals surface area contributed by atoms with Crippen molar-refractivity contribution in [2.24, 2.45) is 0 Å². The van der Waals surface area contributed by atoms with Gasteiger partial charge in [0.2, 0.25) is 10.0 Å². The fraction of sp³-hybridized carbons (Fsp3) is 0.292. The number of nitrogens with zero attached hydrogens (tertiary/aromatic N) is 6. The van der Waals surface area contributed by atoms with Crippen LogP contribution in [0.1, 0.15) is 19.2 Å². The van der Waals surface area contributed by atoms with Gasteiger partial charge in [0.15, 0.2) is 0 Å². The zero-order chi connectivity index (χ0) is 25.3. The van der Waals surface area contributed by atoms with E-state index in [9.17, 15) is 18.5 Å². The van der Waals surface area contributed by atoms with Gasteiger partial charge < -0.3 is 9.42 Å². The molecule has 1 saturated heterocycles. The van der Waals surface area contributed by atoms with Gasteiger partial charge in [0.1, 0.15) is 22.7 Å². The van der Waals surface area contributed by atoms with E-state index in [1.807, 2.05) is 42.2 Å². The molecule has 11 nitrogen and oxygen atoms in total. The number of hydrogen-bond acceptors (Lipinski definition) is 9. The van der Waals surface area contributed by atoms with Gasteiger partial charge in [0, 0.05) is 50.3 Å². The molecule has 2 aromatic carbocycles. The third-order valence-electron chi connectivity index (χ3n) is 6.11. The summed E-state index contributed by atoms with van der Waals surface area (Å²) in [6.07, 6.45) is 1.55. The number of rotatable bonds is 7. The number of hydrogen-bond donors (Lipinski definition) is 0. The van der Waals surface area contributed by atoms with Crippen molar-refractivity contribution in [2.45, 2.75) is 24.7 Å². The second-order valence-corrected chi connectivity index (χ2v) is 10.4. The van der Waals surface area contributed by atoms with Crippen molar-refractivity contribution < 1.29 is 17.9 Å². The molecule has 5 rings (SSSR count). The minimum Gasteiger partial charge on any atom is -0.353 e. The SMILES string of the molecule is CCCc1nc(N2CCN(S(=O)(=O)c3ccc([N+](=O)[O-])cc3)CC2)c2c(-c3ccccc3)noc2n1. The average molecular weight is 509 g/mol. The van der Waals surface area contributed by atoms with Crippen molar-refractivity contribution in [3.8, 4) is 11.3 Å². The molecule has 0 spiro atoms. The first-order valence-corrected chi connectivity index (χ1v) is 13.0.